The smallest absolute Gasteiger partial charge is 0.240 e. The highest BCUT2D eigenvalue weighted by atomic mass is 32.1. The first-order chi connectivity index (χ1) is 8.24. The summed E-state index contributed by atoms with van der Waals surface area (Å²) in [5.41, 5.74) is 2.91. The highest BCUT2D eigenvalue weighted by molar-refractivity contribution is 7.09. The summed E-state index contributed by atoms with van der Waals surface area (Å²) < 4.78 is 0. The van der Waals surface area contributed by atoms with Gasteiger partial charge in [0.1, 0.15) is 0 Å². The Bertz CT molecular complexity index is 427. The monoisotopic (exact) mass is 251 g/mol. The van der Waals surface area contributed by atoms with E-state index in [9.17, 15) is 4.79 Å². The van der Waals surface area contributed by atoms with E-state index in [1.54, 1.807) is 11.3 Å². The molecular weight excluding hydrogens is 234 g/mol. The molecular formula is C12H17N3OS. The normalized spacial score (nSPS) is 24.6. The average molecular weight is 251 g/mol. The van der Waals surface area contributed by atoms with Gasteiger partial charge in [-0.2, -0.15) is 0 Å². The van der Waals surface area contributed by atoms with Gasteiger partial charge in [-0.3, -0.25) is 4.79 Å². The lowest BCUT2D eigenvalue weighted by molar-refractivity contribution is -0.129. The molecule has 1 aliphatic heterocycles. The zero-order chi connectivity index (χ0) is 11.8. The number of rotatable bonds is 4. The highest BCUT2D eigenvalue weighted by Crippen LogP contribution is 2.24. The Balaban J connectivity index is 1.61. The maximum atomic E-state index is 12.2. The molecule has 1 amide bonds. The first-order valence-corrected chi connectivity index (χ1v) is 7.06. The minimum atomic E-state index is 0.0655. The van der Waals surface area contributed by atoms with Crippen molar-refractivity contribution in [3.05, 3.63) is 16.1 Å². The Morgan fingerprint density at radius 3 is 3.00 bits per heavy atom. The van der Waals surface area contributed by atoms with Crippen LogP contribution in [0.4, 0.5) is 0 Å². The van der Waals surface area contributed by atoms with Crippen LogP contribution in [0, 0.1) is 6.92 Å². The van der Waals surface area contributed by atoms with Crippen LogP contribution >= 0.6 is 11.3 Å². The summed E-state index contributed by atoms with van der Waals surface area (Å²) in [4.78, 5) is 19.6. The predicted octanol–water partition coefficient (Wildman–Crippen LogP) is 1.30. The van der Waals surface area contributed by atoms with Crippen LogP contribution in [0.25, 0.3) is 0 Å². The lowest BCUT2D eigenvalue weighted by Crippen LogP contribution is -2.39. The molecule has 1 aromatic rings. The molecule has 1 aromatic heterocycles. The molecule has 92 valence electrons. The first-order valence-electron chi connectivity index (χ1n) is 6.18. The van der Waals surface area contributed by atoms with Crippen LogP contribution in [0.2, 0.25) is 0 Å². The molecule has 1 aliphatic carbocycles. The number of likely N-dealkylation sites (tertiary alicyclic amines) is 1. The van der Waals surface area contributed by atoms with Gasteiger partial charge in [-0.15, -0.1) is 11.3 Å². The highest BCUT2D eigenvalue weighted by Gasteiger charge is 2.35. The van der Waals surface area contributed by atoms with Gasteiger partial charge < -0.3 is 10.2 Å². The van der Waals surface area contributed by atoms with Crippen molar-refractivity contribution in [2.24, 2.45) is 0 Å². The second kappa shape index (κ2) is 4.38. The molecule has 1 saturated carbocycles. The van der Waals surface area contributed by atoms with Crippen LogP contribution in [0.3, 0.4) is 0 Å². The Hall–Kier alpha value is -0.940. The largest absolute Gasteiger partial charge is 0.336 e. The summed E-state index contributed by atoms with van der Waals surface area (Å²) in [5, 5.41) is 3.42. The molecule has 3 rings (SSSR count). The molecule has 2 fully saturated rings. The molecule has 1 unspecified atom stereocenters. The Morgan fingerprint density at radius 2 is 2.35 bits per heavy atom. The van der Waals surface area contributed by atoms with E-state index in [4.69, 9.17) is 0 Å². The Kier molecular flexibility index (Phi) is 2.88. The number of carbonyl (C=O) groups is 1. The van der Waals surface area contributed by atoms with E-state index in [-0.39, 0.29) is 11.9 Å². The van der Waals surface area contributed by atoms with Gasteiger partial charge in [-0.25, -0.2) is 4.98 Å². The van der Waals surface area contributed by atoms with Crippen molar-refractivity contribution in [3.8, 4) is 0 Å². The van der Waals surface area contributed by atoms with Crippen LogP contribution in [0.15, 0.2) is 5.51 Å². The van der Waals surface area contributed by atoms with E-state index in [0.717, 1.165) is 25.2 Å². The zero-order valence-corrected chi connectivity index (χ0v) is 10.8. The van der Waals surface area contributed by atoms with Gasteiger partial charge in [0.05, 0.1) is 23.8 Å². The average Bonchev–Trinajstić information content (AvgIpc) is 2.96. The summed E-state index contributed by atoms with van der Waals surface area (Å²) in [5.74, 6) is 0.268. The standard InChI is InChI=1S/C12H17N3OS/c1-8-11(17-7-13-8)6-15-5-4-10(12(15)16)14-9-2-3-9/h7,9-10,14H,2-6H2,1H3. The predicted molar refractivity (Wildman–Crippen MR) is 66.8 cm³/mol. The van der Waals surface area contributed by atoms with Crippen molar-refractivity contribution >= 4 is 17.2 Å². The fourth-order valence-electron chi connectivity index (χ4n) is 2.24. The Morgan fingerprint density at radius 1 is 1.53 bits per heavy atom. The molecule has 0 radical (unpaired) electrons. The molecule has 2 heterocycles. The number of nitrogens with one attached hydrogen (secondary N) is 1. The topological polar surface area (TPSA) is 45.2 Å². The van der Waals surface area contributed by atoms with Crippen LogP contribution in [0.5, 0.6) is 0 Å². The fraction of sp³-hybridized carbons (Fsp3) is 0.667. The van der Waals surface area contributed by atoms with E-state index in [1.165, 1.54) is 17.7 Å². The number of thiazole rings is 1. The quantitative estimate of drug-likeness (QED) is 0.877. The molecule has 1 saturated heterocycles. The van der Waals surface area contributed by atoms with Crippen molar-refractivity contribution in [1.29, 1.82) is 0 Å². The van der Waals surface area contributed by atoms with E-state index in [1.807, 2.05) is 17.3 Å². The third kappa shape index (κ3) is 2.35. The number of aromatic nitrogens is 1. The minimum Gasteiger partial charge on any atom is -0.336 e. The summed E-state index contributed by atoms with van der Waals surface area (Å²) in [6.07, 6.45) is 3.42. The number of nitrogens with zero attached hydrogens (tertiary/aromatic N) is 2. The third-order valence-electron chi connectivity index (χ3n) is 3.49. The number of hydrogen-bond acceptors (Lipinski definition) is 4. The summed E-state index contributed by atoms with van der Waals surface area (Å²) >= 11 is 1.64. The maximum Gasteiger partial charge on any atom is 0.240 e. The minimum absolute atomic E-state index is 0.0655. The van der Waals surface area contributed by atoms with Crippen molar-refractivity contribution in [1.82, 2.24) is 15.2 Å². The number of carbonyl (C=O) groups excluding carboxylic acids is 1. The Labute approximate surface area is 105 Å². The van der Waals surface area contributed by atoms with Gasteiger partial charge in [-0.05, 0) is 26.2 Å². The molecule has 0 bridgehead atoms. The lowest BCUT2D eigenvalue weighted by atomic mass is 10.2. The third-order valence-corrected chi connectivity index (χ3v) is 4.41. The molecule has 1 atom stereocenters. The molecule has 5 heteroatoms. The second-order valence-corrected chi connectivity index (χ2v) is 5.84. The van der Waals surface area contributed by atoms with Crippen molar-refractivity contribution in [3.63, 3.8) is 0 Å². The van der Waals surface area contributed by atoms with Gasteiger partial charge in [0, 0.05) is 17.5 Å². The van der Waals surface area contributed by atoms with Crippen molar-refractivity contribution < 1.29 is 4.79 Å². The van der Waals surface area contributed by atoms with E-state index in [2.05, 4.69) is 10.3 Å². The van der Waals surface area contributed by atoms with Gasteiger partial charge in [0.15, 0.2) is 0 Å². The van der Waals surface area contributed by atoms with Crippen LogP contribution in [-0.2, 0) is 11.3 Å². The number of amides is 1. The molecule has 17 heavy (non-hydrogen) atoms. The second-order valence-electron chi connectivity index (χ2n) is 4.90. The fourth-order valence-corrected chi connectivity index (χ4v) is 3.03. The van der Waals surface area contributed by atoms with E-state index >= 15 is 0 Å². The SMILES string of the molecule is Cc1ncsc1CN1CCC(NC2CC2)C1=O. The van der Waals surface area contributed by atoms with E-state index < -0.39 is 0 Å². The van der Waals surface area contributed by atoms with Crippen LogP contribution in [0.1, 0.15) is 29.8 Å². The maximum absolute atomic E-state index is 12.2. The zero-order valence-electron chi connectivity index (χ0n) is 9.98. The van der Waals surface area contributed by atoms with Gasteiger partial charge in [0.2, 0.25) is 5.91 Å². The number of hydrogen-bond donors (Lipinski definition) is 1. The van der Waals surface area contributed by atoms with Crippen molar-refractivity contribution in [2.75, 3.05) is 6.54 Å². The van der Waals surface area contributed by atoms with E-state index in [0.29, 0.717) is 6.04 Å². The molecule has 1 N–H and O–H groups in total. The molecule has 0 spiro atoms. The number of aryl methyl sites for hydroxylation is 1. The molecule has 0 aromatic carbocycles. The summed E-state index contributed by atoms with van der Waals surface area (Å²) in [6, 6.07) is 0.671. The van der Waals surface area contributed by atoms with Gasteiger partial charge in [0.25, 0.3) is 0 Å². The summed E-state index contributed by atoms with van der Waals surface area (Å²) in [7, 11) is 0. The van der Waals surface area contributed by atoms with Gasteiger partial charge in [-0.1, -0.05) is 0 Å². The lowest BCUT2D eigenvalue weighted by Gasteiger charge is -2.16. The van der Waals surface area contributed by atoms with Crippen LogP contribution in [-0.4, -0.2) is 34.4 Å². The molecule has 2 aliphatic rings. The van der Waals surface area contributed by atoms with Crippen molar-refractivity contribution in [2.45, 2.75) is 44.8 Å². The van der Waals surface area contributed by atoms with Gasteiger partial charge >= 0.3 is 0 Å². The molecule has 4 nitrogen and oxygen atoms in total. The van der Waals surface area contributed by atoms with Crippen LogP contribution < -0.4 is 5.32 Å². The first kappa shape index (κ1) is 11.2. The summed E-state index contributed by atoms with van der Waals surface area (Å²) in [6.45, 7) is 3.62.